The summed E-state index contributed by atoms with van der Waals surface area (Å²) in [6, 6.07) is 7.01. The first-order valence-electron chi connectivity index (χ1n) is 8.75. The Balaban J connectivity index is 2.05. The average molecular weight is 372 g/mol. The number of hydrogen-bond acceptors (Lipinski definition) is 4. The largest absolute Gasteiger partial charge is 0.493 e. The lowest BCUT2D eigenvalue weighted by Crippen LogP contribution is -2.23. The van der Waals surface area contributed by atoms with Crippen LogP contribution in [0.1, 0.15) is 31.1 Å². The van der Waals surface area contributed by atoms with E-state index < -0.39 is 17.3 Å². The first-order chi connectivity index (χ1) is 12.9. The quantitative estimate of drug-likeness (QED) is 0.671. The van der Waals surface area contributed by atoms with Gasteiger partial charge in [0.05, 0.1) is 13.2 Å². The van der Waals surface area contributed by atoms with Gasteiger partial charge in [-0.05, 0) is 30.5 Å². The Labute approximate surface area is 155 Å². The van der Waals surface area contributed by atoms with Gasteiger partial charge in [-0.1, -0.05) is 26.0 Å². The number of ether oxygens (including phenoxy) is 2. The lowest BCUT2D eigenvalue weighted by molar-refractivity contribution is 0.0523. The highest BCUT2D eigenvalue weighted by Gasteiger charge is 2.19. The van der Waals surface area contributed by atoms with Crippen LogP contribution in [0.5, 0.6) is 5.75 Å². The molecule has 0 bridgehead atoms. The summed E-state index contributed by atoms with van der Waals surface area (Å²) < 4.78 is 26.5. The van der Waals surface area contributed by atoms with E-state index in [9.17, 15) is 14.0 Å². The second kappa shape index (κ2) is 7.65. The normalized spacial score (nSPS) is 11.1. The number of rotatable bonds is 6. The van der Waals surface area contributed by atoms with Crippen LogP contribution < -0.4 is 10.3 Å². The molecular formula is C20H21FN2O4. The highest BCUT2D eigenvalue weighted by Crippen LogP contribution is 2.28. The van der Waals surface area contributed by atoms with Crippen molar-refractivity contribution in [3.8, 4) is 16.9 Å². The number of fused-ring (bicyclic) bond motifs is 1. The SMILES string of the molecule is CCOC(=O)c1c[nH]c2c(F)c(-c3cccc(OCC(C)C)c3)cn2c1=O. The Morgan fingerprint density at radius 2 is 2.11 bits per heavy atom. The zero-order valence-electron chi connectivity index (χ0n) is 15.4. The number of H-pyrrole nitrogens is 1. The van der Waals surface area contributed by atoms with Gasteiger partial charge in [0.25, 0.3) is 5.56 Å². The zero-order chi connectivity index (χ0) is 19.6. The molecule has 0 spiro atoms. The van der Waals surface area contributed by atoms with Crippen LogP contribution in [0.3, 0.4) is 0 Å². The van der Waals surface area contributed by atoms with Crippen molar-refractivity contribution in [1.82, 2.24) is 9.38 Å². The molecule has 2 aromatic heterocycles. The molecule has 0 atom stereocenters. The van der Waals surface area contributed by atoms with Gasteiger partial charge in [0.2, 0.25) is 0 Å². The van der Waals surface area contributed by atoms with E-state index in [1.165, 1.54) is 12.4 Å². The number of benzene rings is 1. The number of carbonyl (C=O) groups is 1. The standard InChI is InChI=1S/C20H21FN2O4/c1-4-26-20(25)15-9-22-18-17(21)16(10-23(18)19(15)24)13-6-5-7-14(8-13)27-11-12(2)3/h5-10,12,22H,4,11H2,1-3H3. The number of nitrogens with zero attached hydrogens (tertiary/aromatic N) is 1. The predicted octanol–water partition coefficient (Wildman–Crippen LogP) is 3.65. The number of nitrogens with one attached hydrogen (secondary N) is 1. The van der Waals surface area contributed by atoms with Crippen LogP contribution in [-0.2, 0) is 4.74 Å². The number of esters is 1. The molecule has 27 heavy (non-hydrogen) atoms. The summed E-state index contributed by atoms with van der Waals surface area (Å²) in [5.41, 5.74) is -0.0293. The minimum absolute atomic E-state index is 0.0171. The smallest absolute Gasteiger partial charge is 0.345 e. The molecular weight excluding hydrogens is 351 g/mol. The Hall–Kier alpha value is -3.09. The fourth-order valence-electron chi connectivity index (χ4n) is 2.68. The van der Waals surface area contributed by atoms with Crippen LogP contribution in [0.15, 0.2) is 41.5 Å². The van der Waals surface area contributed by atoms with E-state index in [-0.39, 0.29) is 23.4 Å². The van der Waals surface area contributed by atoms with Gasteiger partial charge < -0.3 is 14.5 Å². The summed E-state index contributed by atoms with van der Waals surface area (Å²) in [5.74, 6) is -0.348. The van der Waals surface area contributed by atoms with E-state index in [2.05, 4.69) is 4.98 Å². The van der Waals surface area contributed by atoms with Crippen LogP contribution in [-0.4, -0.2) is 28.6 Å². The fraction of sp³-hybridized carbons (Fsp3) is 0.300. The van der Waals surface area contributed by atoms with Crippen molar-refractivity contribution < 1.29 is 18.7 Å². The van der Waals surface area contributed by atoms with E-state index in [1.807, 2.05) is 13.8 Å². The van der Waals surface area contributed by atoms with Gasteiger partial charge in [-0.3, -0.25) is 9.20 Å². The average Bonchev–Trinajstić information content (AvgIpc) is 2.98. The lowest BCUT2D eigenvalue weighted by atomic mass is 10.1. The highest BCUT2D eigenvalue weighted by atomic mass is 19.1. The van der Waals surface area contributed by atoms with E-state index in [4.69, 9.17) is 9.47 Å². The number of hydrogen-bond donors (Lipinski definition) is 1. The van der Waals surface area contributed by atoms with Gasteiger partial charge in [-0.25, -0.2) is 9.18 Å². The lowest BCUT2D eigenvalue weighted by Gasteiger charge is -2.09. The van der Waals surface area contributed by atoms with E-state index in [0.717, 1.165) is 4.40 Å². The molecule has 1 N–H and O–H groups in total. The maximum Gasteiger partial charge on any atom is 0.345 e. The Kier molecular flexibility index (Phi) is 5.30. The van der Waals surface area contributed by atoms with E-state index >= 15 is 0 Å². The summed E-state index contributed by atoms with van der Waals surface area (Å²) in [4.78, 5) is 27.1. The first-order valence-corrected chi connectivity index (χ1v) is 8.75. The molecule has 142 valence electrons. The third-order valence-corrected chi connectivity index (χ3v) is 3.97. The van der Waals surface area contributed by atoms with Crippen molar-refractivity contribution in [2.24, 2.45) is 5.92 Å². The van der Waals surface area contributed by atoms with Gasteiger partial charge in [-0.15, -0.1) is 0 Å². The van der Waals surface area contributed by atoms with Crippen molar-refractivity contribution >= 4 is 11.6 Å². The summed E-state index contributed by atoms with van der Waals surface area (Å²) in [6.45, 7) is 6.41. The molecule has 0 fully saturated rings. The minimum atomic E-state index is -0.750. The van der Waals surface area contributed by atoms with Crippen molar-refractivity contribution in [3.63, 3.8) is 0 Å². The Morgan fingerprint density at radius 1 is 1.33 bits per heavy atom. The molecule has 2 heterocycles. The molecule has 0 saturated heterocycles. The highest BCUT2D eigenvalue weighted by molar-refractivity contribution is 5.89. The molecule has 0 radical (unpaired) electrons. The molecule has 1 aromatic carbocycles. The van der Waals surface area contributed by atoms with Gasteiger partial charge in [0.15, 0.2) is 11.5 Å². The molecule has 0 amide bonds. The van der Waals surface area contributed by atoms with E-state index in [0.29, 0.717) is 23.8 Å². The predicted molar refractivity (Wildman–Crippen MR) is 99.7 cm³/mol. The Morgan fingerprint density at radius 3 is 2.81 bits per heavy atom. The maximum absolute atomic E-state index is 14.9. The van der Waals surface area contributed by atoms with Gasteiger partial charge in [-0.2, -0.15) is 0 Å². The number of carbonyl (C=O) groups excluding carboxylic acids is 1. The van der Waals surface area contributed by atoms with Gasteiger partial charge in [0.1, 0.15) is 11.3 Å². The van der Waals surface area contributed by atoms with Gasteiger partial charge >= 0.3 is 5.97 Å². The van der Waals surface area contributed by atoms with Crippen LogP contribution >= 0.6 is 0 Å². The molecule has 0 aliphatic carbocycles. The van der Waals surface area contributed by atoms with E-state index in [1.54, 1.807) is 31.2 Å². The number of aromatic nitrogens is 2. The topological polar surface area (TPSA) is 72.8 Å². The molecule has 0 aliphatic heterocycles. The van der Waals surface area contributed by atoms with Crippen molar-refractivity contribution in [3.05, 3.63) is 58.4 Å². The second-order valence-electron chi connectivity index (χ2n) is 6.54. The van der Waals surface area contributed by atoms with Crippen LogP contribution in [0.2, 0.25) is 0 Å². The first kappa shape index (κ1) is 18.7. The summed E-state index contributed by atoms with van der Waals surface area (Å²) >= 11 is 0. The van der Waals surface area contributed by atoms with Crippen LogP contribution in [0.25, 0.3) is 16.8 Å². The van der Waals surface area contributed by atoms with Crippen LogP contribution in [0.4, 0.5) is 4.39 Å². The monoisotopic (exact) mass is 372 g/mol. The molecule has 7 heteroatoms. The maximum atomic E-state index is 14.9. The molecule has 6 nitrogen and oxygen atoms in total. The number of halogens is 1. The zero-order valence-corrected chi connectivity index (χ0v) is 15.4. The van der Waals surface area contributed by atoms with Crippen molar-refractivity contribution in [2.75, 3.05) is 13.2 Å². The van der Waals surface area contributed by atoms with Crippen molar-refractivity contribution in [2.45, 2.75) is 20.8 Å². The molecule has 0 unspecified atom stereocenters. The number of aromatic amines is 1. The molecule has 0 saturated carbocycles. The summed E-state index contributed by atoms with van der Waals surface area (Å²) in [5, 5.41) is 0. The molecule has 0 aliphatic rings. The molecule has 3 aromatic rings. The van der Waals surface area contributed by atoms with Gasteiger partial charge in [0, 0.05) is 18.0 Å². The third kappa shape index (κ3) is 3.72. The van der Waals surface area contributed by atoms with Crippen LogP contribution in [0, 0.1) is 11.7 Å². The summed E-state index contributed by atoms with van der Waals surface area (Å²) in [6.07, 6.45) is 2.54. The summed E-state index contributed by atoms with van der Waals surface area (Å²) in [7, 11) is 0. The second-order valence-corrected chi connectivity index (χ2v) is 6.54. The van der Waals surface area contributed by atoms with Crippen molar-refractivity contribution in [1.29, 1.82) is 0 Å². The Bertz CT molecular complexity index is 1040. The fourth-order valence-corrected chi connectivity index (χ4v) is 2.68. The third-order valence-electron chi connectivity index (χ3n) is 3.97. The molecule has 3 rings (SSSR count). The minimum Gasteiger partial charge on any atom is -0.493 e.